The fourth-order valence-electron chi connectivity index (χ4n) is 1.07. The molecular formula is C12H13N3O2. The van der Waals surface area contributed by atoms with Crippen molar-refractivity contribution in [3.8, 4) is 0 Å². The van der Waals surface area contributed by atoms with Crippen LogP contribution >= 0.6 is 0 Å². The van der Waals surface area contributed by atoms with Crippen LogP contribution in [0.1, 0.15) is 0 Å². The highest BCUT2D eigenvalue weighted by Gasteiger charge is 1.93. The number of nitrogen functional groups attached to an aromatic ring is 1. The lowest BCUT2D eigenvalue weighted by Crippen LogP contribution is -2.06. The summed E-state index contributed by atoms with van der Waals surface area (Å²) >= 11 is 0. The van der Waals surface area contributed by atoms with E-state index in [2.05, 4.69) is 0 Å². The normalized spacial score (nSPS) is 8.71. The third kappa shape index (κ3) is 5.78. The van der Waals surface area contributed by atoms with Crippen molar-refractivity contribution in [2.75, 3.05) is 11.2 Å². The zero-order valence-electron chi connectivity index (χ0n) is 9.11. The van der Waals surface area contributed by atoms with Crippen molar-refractivity contribution in [2.45, 2.75) is 0 Å². The number of nitro groups is 1. The van der Waals surface area contributed by atoms with Crippen molar-refractivity contribution in [1.29, 1.82) is 0 Å². The molecule has 2 aromatic carbocycles. The minimum atomic E-state index is -0.588. The van der Waals surface area contributed by atoms with Gasteiger partial charge in [0.05, 0.1) is 0 Å². The first kappa shape index (κ1) is 12.5. The first-order valence-electron chi connectivity index (χ1n) is 4.95. The molecule has 0 atom stereocenters. The number of anilines is 2. The van der Waals surface area contributed by atoms with E-state index in [9.17, 15) is 10.1 Å². The van der Waals surface area contributed by atoms with Crippen molar-refractivity contribution in [1.82, 2.24) is 0 Å². The van der Waals surface area contributed by atoms with Gasteiger partial charge in [-0.3, -0.25) is 0 Å². The topological polar surface area (TPSA) is 81.2 Å². The third-order valence-corrected chi connectivity index (χ3v) is 1.79. The number of rotatable bonds is 2. The fraction of sp³-hybridized carbons (Fsp3) is 0. The van der Waals surface area contributed by atoms with Crippen LogP contribution in [0.5, 0.6) is 0 Å². The van der Waals surface area contributed by atoms with Crippen molar-refractivity contribution in [3.63, 3.8) is 0 Å². The lowest BCUT2D eigenvalue weighted by atomic mass is 10.3. The summed E-state index contributed by atoms with van der Waals surface area (Å²) in [6.07, 6.45) is 0. The minimum absolute atomic E-state index is 0.493. The SMILES string of the molecule is Nc1ccccc1.O=[N+]([O-])Nc1ccccc1. The van der Waals surface area contributed by atoms with Gasteiger partial charge in [-0.25, -0.2) is 10.1 Å². The predicted octanol–water partition coefficient (Wildman–Crippen LogP) is 2.56. The van der Waals surface area contributed by atoms with Gasteiger partial charge in [-0.15, -0.1) is 5.43 Å². The van der Waals surface area contributed by atoms with Crippen LogP contribution in [-0.2, 0) is 0 Å². The van der Waals surface area contributed by atoms with Crippen LogP contribution in [0.15, 0.2) is 60.7 Å². The van der Waals surface area contributed by atoms with Crippen molar-refractivity contribution in [2.24, 2.45) is 0 Å². The summed E-state index contributed by atoms with van der Waals surface area (Å²) in [7, 11) is 0. The first-order chi connectivity index (χ1) is 8.18. The molecule has 0 radical (unpaired) electrons. The van der Waals surface area contributed by atoms with Crippen LogP contribution < -0.4 is 11.2 Å². The highest BCUT2D eigenvalue weighted by Crippen LogP contribution is 2.03. The zero-order valence-corrected chi connectivity index (χ0v) is 9.11. The van der Waals surface area contributed by atoms with Crippen molar-refractivity contribution < 1.29 is 5.03 Å². The van der Waals surface area contributed by atoms with Crippen molar-refractivity contribution in [3.05, 3.63) is 70.8 Å². The number of para-hydroxylation sites is 2. The van der Waals surface area contributed by atoms with E-state index in [1.165, 1.54) is 0 Å². The van der Waals surface area contributed by atoms with Crippen LogP contribution in [0, 0.1) is 10.1 Å². The summed E-state index contributed by atoms with van der Waals surface area (Å²) < 4.78 is 0. The summed E-state index contributed by atoms with van der Waals surface area (Å²) in [6.45, 7) is 0. The van der Waals surface area contributed by atoms with E-state index in [4.69, 9.17) is 5.73 Å². The predicted molar refractivity (Wildman–Crippen MR) is 67.9 cm³/mol. The number of nitrogens with one attached hydrogen (secondary N) is 1. The van der Waals surface area contributed by atoms with Crippen LogP contribution in [0.3, 0.4) is 0 Å². The van der Waals surface area contributed by atoms with Crippen LogP contribution in [-0.4, -0.2) is 5.03 Å². The molecule has 0 bridgehead atoms. The van der Waals surface area contributed by atoms with Crippen LogP contribution in [0.2, 0.25) is 0 Å². The largest absolute Gasteiger partial charge is 0.399 e. The second-order valence-corrected chi connectivity index (χ2v) is 3.15. The van der Waals surface area contributed by atoms with Gasteiger partial charge in [0, 0.05) is 5.69 Å². The molecule has 0 heterocycles. The van der Waals surface area contributed by atoms with Gasteiger partial charge in [-0.2, -0.15) is 0 Å². The molecule has 0 aliphatic heterocycles. The molecular weight excluding hydrogens is 218 g/mol. The Balaban J connectivity index is 0.000000181. The number of hydrogen-bond acceptors (Lipinski definition) is 3. The molecule has 0 amide bonds. The van der Waals surface area contributed by atoms with Gasteiger partial charge in [0.1, 0.15) is 5.69 Å². The molecule has 3 N–H and O–H groups in total. The number of nitrogens with two attached hydrogens (primary N) is 1. The molecule has 0 unspecified atom stereocenters. The Labute approximate surface area is 99.0 Å². The Morgan fingerprint density at radius 3 is 1.76 bits per heavy atom. The fourth-order valence-corrected chi connectivity index (χ4v) is 1.07. The monoisotopic (exact) mass is 231 g/mol. The van der Waals surface area contributed by atoms with E-state index in [1.54, 1.807) is 30.3 Å². The minimum Gasteiger partial charge on any atom is -0.399 e. The van der Waals surface area contributed by atoms with E-state index in [0.29, 0.717) is 5.69 Å². The molecule has 0 saturated carbocycles. The van der Waals surface area contributed by atoms with E-state index in [-0.39, 0.29) is 0 Å². The lowest BCUT2D eigenvalue weighted by Gasteiger charge is -1.93. The number of hydrogen-bond donors (Lipinski definition) is 2. The van der Waals surface area contributed by atoms with Gasteiger partial charge < -0.3 is 5.73 Å². The highest BCUT2D eigenvalue weighted by molar-refractivity contribution is 5.39. The summed E-state index contributed by atoms with van der Waals surface area (Å²) in [5.41, 5.74) is 8.70. The van der Waals surface area contributed by atoms with Crippen LogP contribution in [0.25, 0.3) is 0 Å². The molecule has 0 saturated heterocycles. The second kappa shape index (κ2) is 6.84. The molecule has 2 rings (SSSR count). The summed E-state index contributed by atoms with van der Waals surface area (Å²) in [4.78, 5) is 9.86. The lowest BCUT2D eigenvalue weighted by molar-refractivity contribution is -0.445. The molecule has 88 valence electrons. The molecule has 0 fully saturated rings. The second-order valence-electron chi connectivity index (χ2n) is 3.15. The smallest absolute Gasteiger partial charge is 0.162 e. The maximum absolute atomic E-state index is 9.86. The Kier molecular flexibility index (Phi) is 5.03. The first-order valence-corrected chi connectivity index (χ1v) is 4.95. The summed E-state index contributed by atoms with van der Waals surface area (Å²) in [5.74, 6) is 0. The van der Waals surface area contributed by atoms with Gasteiger partial charge in [0.2, 0.25) is 0 Å². The van der Waals surface area contributed by atoms with Crippen molar-refractivity contribution >= 4 is 11.4 Å². The van der Waals surface area contributed by atoms with E-state index in [1.807, 2.05) is 35.8 Å². The number of benzene rings is 2. The average Bonchev–Trinajstić information content (AvgIpc) is 2.31. The maximum atomic E-state index is 9.86. The molecule has 5 nitrogen and oxygen atoms in total. The Bertz CT molecular complexity index is 446. The molecule has 0 aliphatic rings. The molecule has 0 aromatic heterocycles. The van der Waals surface area contributed by atoms with Gasteiger partial charge in [-0.1, -0.05) is 36.4 Å². The average molecular weight is 231 g/mol. The van der Waals surface area contributed by atoms with Gasteiger partial charge >= 0.3 is 0 Å². The summed E-state index contributed by atoms with van der Waals surface area (Å²) in [6, 6.07) is 18.0. The Hall–Kier alpha value is -2.56. The Morgan fingerprint density at radius 1 is 0.941 bits per heavy atom. The Morgan fingerprint density at radius 2 is 1.41 bits per heavy atom. The zero-order chi connectivity index (χ0) is 12.5. The third-order valence-electron chi connectivity index (χ3n) is 1.79. The number of nitrogens with zero attached hydrogens (tertiary/aromatic N) is 1. The maximum Gasteiger partial charge on any atom is 0.162 e. The van der Waals surface area contributed by atoms with E-state index in [0.717, 1.165) is 5.69 Å². The molecule has 2 aromatic rings. The van der Waals surface area contributed by atoms with Crippen LogP contribution in [0.4, 0.5) is 11.4 Å². The number of hydrazine groups is 1. The van der Waals surface area contributed by atoms with Gasteiger partial charge in [-0.05, 0) is 24.3 Å². The van der Waals surface area contributed by atoms with E-state index >= 15 is 0 Å². The molecule has 0 aliphatic carbocycles. The highest BCUT2D eigenvalue weighted by atomic mass is 16.7. The van der Waals surface area contributed by atoms with Gasteiger partial charge in [0.15, 0.2) is 5.03 Å². The van der Waals surface area contributed by atoms with E-state index < -0.39 is 5.03 Å². The summed E-state index contributed by atoms with van der Waals surface area (Å²) in [5, 5.41) is 9.28. The molecule has 0 spiro atoms. The quantitative estimate of drug-likeness (QED) is 0.473. The molecule has 5 heteroatoms. The standard InChI is InChI=1S/C6H6N2O2.C6H7N/c9-8(10)7-6-4-2-1-3-5-6;7-6-4-2-1-3-5-6/h1-5,7H;1-5H,7H2. The van der Waals surface area contributed by atoms with Gasteiger partial charge in [0.25, 0.3) is 0 Å². The molecule has 17 heavy (non-hydrogen) atoms.